The van der Waals surface area contributed by atoms with Gasteiger partial charge < -0.3 is 10.5 Å². The van der Waals surface area contributed by atoms with Crippen molar-refractivity contribution in [3.8, 4) is 16.9 Å². The van der Waals surface area contributed by atoms with Crippen molar-refractivity contribution in [2.24, 2.45) is 5.73 Å². The van der Waals surface area contributed by atoms with Crippen molar-refractivity contribution in [1.29, 1.82) is 0 Å². The molecule has 136 valence electrons. The quantitative estimate of drug-likeness (QED) is 0.650. The summed E-state index contributed by atoms with van der Waals surface area (Å²) in [5, 5.41) is 0. The fourth-order valence-corrected chi connectivity index (χ4v) is 2.88. The van der Waals surface area contributed by atoms with Crippen molar-refractivity contribution in [2.75, 3.05) is 0 Å². The largest absolute Gasteiger partial charge is 0.426 e. The lowest BCUT2D eigenvalue weighted by molar-refractivity contribution is -0.134. The molecule has 27 heavy (non-hydrogen) atoms. The van der Waals surface area contributed by atoms with Crippen molar-refractivity contribution in [1.82, 2.24) is 0 Å². The van der Waals surface area contributed by atoms with Crippen LogP contribution in [0.1, 0.15) is 35.7 Å². The molecule has 1 aliphatic rings. The summed E-state index contributed by atoms with van der Waals surface area (Å²) in [5.41, 5.74) is 8.94. The van der Waals surface area contributed by atoms with E-state index in [1.165, 1.54) is 6.08 Å². The average Bonchev–Trinajstić information content (AvgIpc) is 2.68. The maximum Gasteiger partial charge on any atom is 0.310 e. The molecule has 0 aliphatic heterocycles. The predicted octanol–water partition coefficient (Wildman–Crippen LogP) is 3.68. The molecule has 2 aromatic rings. The lowest BCUT2D eigenvalue weighted by Crippen LogP contribution is -2.10. The highest BCUT2D eigenvalue weighted by atomic mass is 16.5. The maximum atomic E-state index is 11.9. The Labute approximate surface area is 157 Å². The zero-order chi connectivity index (χ0) is 19.4. The van der Waals surface area contributed by atoms with Gasteiger partial charge in [-0.25, -0.2) is 0 Å². The van der Waals surface area contributed by atoms with E-state index >= 15 is 0 Å². The lowest BCUT2D eigenvalue weighted by atomic mass is 9.90. The molecule has 0 saturated heterocycles. The number of primary amides is 1. The zero-order valence-corrected chi connectivity index (χ0v) is 14.9. The van der Waals surface area contributed by atoms with E-state index in [1.807, 2.05) is 12.1 Å². The van der Waals surface area contributed by atoms with Gasteiger partial charge in [-0.2, -0.15) is 0 Å². The molecule has 2 N–H and O–H groups in total. The van der Waals surface area contributed by atoms with Crippen molar-refractivity contribution >= 4 is 23.2 Å². The second-order valence-corrected chi connectivity index (χ2v) is 6.11. The Balaban J connectivity index is 2.14. The van der Waals surface area contributed by atoms with Crippen LogP contribution in [0.5, 0.6) is 5.75 Å². The number of nitrogens with two attached hydrogens (primary N) is 1. The van der Waals surface area contributed by atoms with Crippen LogP contribution in [-0.2, 0) is 9.59 Å². The molecular formula is C22H19NO4. The number of amides is 1. The smallest absolute Gasteiger partial charge is 0.310 e. The van der Waals surface area contributed by atoms with Gasteiger partial charge in [0.05, 0.1) is 0 Å². The molecule has 0 fully saturated rings. The Morgan fingerprint density at radius 3 is 2.41 bits per heavy atom. The fraction of sp³-hybridized carbons (Fsp3) is 0.136. The van der Waals surface area contributed by atoms with Crippen LogP contribution in [-0.4, -0.2) is 17.7 Å². The first-order valence-corrected chi connectivity index (χ1v) is 8.65. The molecule has 0 atom stereocenters. The van der Waals surface area contributed by atoms with E-state index in [2.05, 4.69) is 0 Å². The van der Waals surface area contributed by atoms with Crippen LogP contribution >= 0.6 is 0 Å². The lowest BCUT2D eigenvalue weighted by Gasteiger charge is -2.17. The third-order valence-electron chi connectivity index (χ3n) is 4.28. The number of benzene rings is 2. The van der Waals surface area contributed by atoms with E-state index in [-0.39, 0.29) is 18.2 Å². The topological polar surface area (TPSA) is 86.5 Å². The van der Waals surface area contributed by atoms with Crippen LogP contribution in [0.25, 0.3) is 16.7 Å². The summed E-state index contributed by atoms with van der Waals surface area (Å²) < 4.78 is 5.53. The number of carbonyl (C=O) groups excluding carboxylic acids is 3. The highest BCUT2D eigenvalue weighted by molar-refractivity contribution is 6.01. The molecule has 0 unspecified atom stereocenters. The second kappa shape index (κ2) is 7.83. The van der Waals surface area contributed by atoms with Gasteiger partial charge >= 0.3 is 5.97 Å². The van der Waals surface area contributed by atoms with Gasteiger partial charge in [0.25, 0.3) is 0 Å². The molecular weight excluding hydrogens is 342 g/mol. The number of esters is 1. The molecule has 1 amide bonds. The maximum absolute atomic E-state index is 11.9. The molecule has 0 heterocycles. The molecule has 3 rings (SSSR count). The van der Waals surface area contributed by atoms with E-state index in [9.17, 15) is 14.4 Å². The minimum Gasteiger partial charge on any atom is -0.426 e. The Bertz CT molecular complexity index is 968. The van der Waals surface area contributed by atoms with Gasteiger partial charge in [0.15, 0.2) is 5.78 Å². The predicted molar refractivity (Wildman–Crippen MR) is 103 cm³/mol. The number of rotatable bonds is 5. The summed E-state index contributed by atoms with van der Waals surface area (Å²) in [6.07, 6.45) is 5.62. The number of ether oxygens (including phenoxy) is 1. The first-order chi connectivity index (χ1) is 13.0. The second-order valence-electron chi connectivity index (χ2n) is 6.11. The van der Waals surface area contributed by atoms with Crippen LogP contribution in [0.2, 0.25) is 0 Å². The first-order valence-electron chi connectivity index (χ1n) is 8.65. The van der Waals surface area contributed by atoms with Crippen LogP contribution < -0.4 is 10.5 Å². The van der Waals surface area contributed by atoms with Crippen molar-refractivity contribution in [3.05, 3.63) is 71.8 Å². The summed E-state index contributed by atoms with van der Waals surface area (Å²) in [4.78, 5) is 34.7. The highest BCUT2D eigenvalue weighted by Gasteiger charge is 2.18. The van der Waals surface area contributed by atoms with Crippen molar-refractivity contribution in [3.63, 3.8) is 0 Å². The Kier molecular flexibility index (Phi) is 5.31. The number of hydrogen-bond acceptors (Lipinski definition) is 4. The fourth-order valence-electron chi connectivity index (χ4n) is 2.88. The summed E-state index contributed by atoms with van der Waals surface area (Å²) in [5.74, 6) is -0.379. The Hall–Kier alpha value is -3.47. The van der Waals surface area contributed by atoms with Gasteiger partial charge in [-0.05, 0) is 41.0 Å². The van der Waals surface area contributed by atoms with Gasteiger partial charge in [0.2, 0.25) is 5.91 Å². The number of allylic oxidation sites excluding steroid dienone is 4. The summed E-state index contributed by atoms with van der Waals surface area (Å²) in [7, 11) is 0. The zero-order valence-electron chi connectivity index (χ0n) is 14.9. The van der Waals surface area contributed by atoms with E-state index < -0.39 is 5.91 Å². The molecule has 2 aromatic carbocycles. The molecule has 1 aliphatic carbocycles. The third kappa shape index (κ3) is 4.03. The summed E-state index contributed by atoms with van der Waals surface area (Å²) in [6, 6.07) is 12.3. The Morgan fingerprint density at radius 1 is 1.07 bits per heavy atom. The van der Waals surface area contributed by atoms with Gasteiger partial charge in [-0.3, -0.25) is 14.4 Å². The minimum absolute atomic E-state index is 0.0224. The average molecular weight is 361 g/mol. The normalized spacial score (nSPS) is 13.2. The van der Waals surface area contributed by atoms with Gasteiger partial charge in [0, 0.05) is 24.0 Å². The van der Waals surface area contributed by atoms with E-state index in [0.717, 1.165) is 22.3 Å². The SMILES string of the molecule is CCC(=O)Oc1cccc(-c2ccc(C(N)=O)cc2)c1C1=CCC(=O)C=C1. The van der Waals surface area contributed by atoms with Crippen LogP contribution in [0.4, 0.5) is 0 Å². The summed E-state index contributed by atoms with van der Waals surface area (Å²) >= 11 is 0. The monoisotopic (exact) mass is 361 g/mol. The van der Waals surface area contributed by atoms with Crippen LogP contribution in [0.15, 0.2) is 60.7 Å². The number of carbonyl (C=O) groups is 3. The van der Waals surface area contributed by atoms with E-state index in [1.54, 1.807) is 49.4 Å². The van der Waals surface area contributed by atoms with Crippen molar-refractivity contribution < 1.29 is 19.1 Å². The van der Waals surface area contributed by atoms with E-state index in [0.29, 0.717) is 17.7 Å². The molecule has 0 saturated carbocycles. The standard InChI is InChI=1S/C22H19NO4/c1-2-20(25)27-19-5-3-4-18(14-6-8-16(9-7-14)22(23)26)21(19)15-10-12-17(24)13-11-15/h3-12H,2,13H2,1H3,(H2,23,26). The third-order valence-corrected chi connectivity index (χ3v) is 4.28. The van der Waals surface area contributed by atoms with Crippen LogP contribution in [0.3, 0.4) is 0 Å². The molecule has 0 aromatic heterocycles. The number of ketones is 1. The van der Waals surface area contributed by atoms with E-state index in [4.69, 9.17) is 10.5 Å². The molecule has 0 radical (unpaired) electrons. The number of hydrogen-bond donors (Lipinski definition) is 1. The molecule has 0 spiro atoms. The molecule has 5 heteroatoms. The first kappa shape index (κ1) is 18.3. The Morgan fingerprint density at radius 2 is 1.81 bits per heavy atom. The van der Waals surface area contributed by atoms with Gasteiger partial charge in [-0.15, -0.1) is 0 Å². The molecule has 0 bridgehead atoms. The summed E-state index contributed by atoms with van der Waals surface area (Å²) in [6.45, 7) is 1.73. The highest BCUT2D eigenvalue weighted by Crippen LogP contribution is 2.38. The minimum atomic E-state index is -0.496. The van der Waals surface area contributed by atoms with Gasteiger partial charge in [0.1, 0.15) is 5.75 Å². The van der Waals surface area contributed by atoms with Crippen molar-refractivity contribution in [2.45, 2.75) is 19.8 Å². The van der Waals surface area contributed by atoms with Gasteiger partial charge in [-0.1, -0.05) is 43.3 Å². The molecule has 5 nitrogen and oxygen atoms in total. The van der Waals surface area contributed by atoms with Crippen LogP contribution in [0, 0.1) is 0 Å².